The first-order valence-electron chi connectivity index (χ1n) is 21.9. The van der Waals surface area contributed by atoms with Crippen LogP contribution in [-0.4, -0.2) is 13.7 Å². The highest BCUT2D eigenvalue weighted by Gasteiger charge is 2.18. The minimum atomic E-state index is 1.14. The first-order chi connectivity index (χ1) is 31.7. The topological polar surface area (TPSA) is 14.8 Å². The van der Waals surface area contributed by atoms with Crippen LogP contribution in [0.25, 0.3) is 125 Å². The van der Waals surface area contributed by atoms with Crippen LogP contribution < -0.4 is 0 Å². The summed E-state index contributed by atoms with van der Waals surface area (Å²) in [7, 11) is 0. The van der Waals surface area contributed by atoms with Crippen molar-refractivity contribution in [2.45, 2.75) is 0 Å². The molecule has 14 rings (SSSR count). The van der Waals surface area contributed by atoms with Crippen LogP contribution in [0.5, 0.6) is 0 Å². The summed E-state index contributed by atoms with van der Waals surface area (Å²) in [6.07, 6.45) is 0. The van der Waals surface area contributed by atoms with E-state index >= 15 is 0 Å². The molecule has 64 heavy (non-hydrogen) atoms. The van der Waals surface area contributed by atoms with Crippen LogP contribution in [0, 0.1) is 0 Å². The minimum absolute atomic E-state index is 1.14. The van der Waals surface area contributed by atoms with E-state index in [0.29, 0.717) is 0 Å². The molecule has 0 atom stereocenters. The van der Waals surface area contributed by atoms with Crippen molar-refractivity contribution in [3.8, 4) is 39.3 Å². The molecule has 0 aliphatic heterocycles. The summed E-state index contributed by atoms with van der Waals surface area (Å²) in [5.41, 5.74) is 15.6. The van der Waals surface area contributed by atoms with Crippen molar-refractivity contribution in [2.24, 2.45) is 0 Å². The standard InChI is InChI=1S/C60H37N3S/c1-6-19-53-45(12-1)46-13-2-7-20-54(46)61(53)42-30-32-43(33-31-42)63-56-22-9-4-15-48(56)52-37-40(27-35-58(52)63)39-26-34-57-51(36-39)47-14-3-8-21-55(47)62(57)41-28-24-38(25-29-41)44-17-11-18-50-49-16-5-10-23-59(49)64-60(44)50/h1-37H. The average Bonchev–Trinajstić information content (AvgIpc) is 4.10. The predicted molar refractivity (Wildman–Crippen MR) is 273 cm³/mol. The van der Waals surface area contributed by atoms with Gasteiger partial charge in [-0.05, 0) is 113 Å². The Labute approximate surface area is 372 Å². The Kier molecular flexibility index (Phi) is 7.56. The summed E-state index contributed by atoms with van der Waals surface area (Å²) in [6.45, 7) is 0. The number of nitrogens with zero attached hydrogens (tertiary/aromatic N) is 3. The van der Waals surface area contributed by atoms with Gasteiger partial charge in [0.05, 0.1) is 33.1 Å². The van der Waals surface area contributed by atoms with E-state index in [0.717, 1.165) is 17.1 Å². The maximum Gasteiger partial charge on any atom is 0.0541 e. The first kappa shape index (κ1) is 35.4. The van der Waals surface area contributed by atoms with Crippen LogP contribution in [-0.2, 0) is 0 Å². The lowest BCUT2D eigenvalue weighted by Crippen LogP contribution is -1.97. The molecular weight excluding hydrogens is 795 g/mol. The van der Waals surface area contributed by atoms with Gasteiger partial charge in [-0.3, -0.25) is 0 Å². The van der Waals surface area contributed by atoms with Gasteiger partial charge in [0.1, 0.15) is 0 Å². The van der Waals surface area contributed by atoms with Crippen molar-refractivity contribution >= 4 is 96.9 Å². The van der Waals surface area contributed by atoms with Crippen molar-refractivity contribution < 1.29 is 0 Å². The number of hydrogen-bond donors (Lipinski definition) is 0. The molecule has 0 unspecified atom stereocenters. The number of hydrogen-bond acceptors (Lipinski definition) is 1. The lowest BCUT2D eigenvalue weighted by molar-refractivity contribution is 1.14. The highest BCUT2D eigenvalue weighted by Crippen LogP contribution is 2.42. The molecule has 4 heteroatoms. The van der Waals surface area contributed by atoms with Crippen molar-refractivity contribution in [3.05, 3.63) is 224 Å². The molecule has 0 aliphatic rings. The van der Waals surface area contributed by atoms with Crippen LogP contribution in [0.2, 0.25) is 0 Å². The van der Waals surface area contributed by atoms with Gasteiger partial charge in [0.2, 0.25) is 0 Å². The number of benzene rings is 10. The third kappa shape index (κ3) is 5.15. The van der Waals surface area contributed by atoms with Gasteiger partial charge in [0, 0.05) is 69.6 Å². The Morgan fingerprint density at radius 2 is 0.609 bits per heavy atom. The molecular formula is C60H37N3S. The molecule has 0 fully saturated rings. The fourth-order valence-electron chi connectivity index (χ4n) is 10.6. The lowest BCUT2D eigenvalue weighted by Gasteiger charge is -2.12. The van der Waals surface area contributed by atoms with Crippen LogP contribution in [0.4, 0.5) is 0 Å². The largest absolute Gasteiger partial charge is 0.309 e. The average molecular weight is 832 g/mol. The second-order valence-electron chi connectivity index (χ2n) is 16.9. The van der Waals surface area contributed by atoms with Crippen molar-refractivity contribution in [3.63, 3.8) is 0 Å². The maximum absolute atomic E-state index is 2.42. The van der Waals surface area contributed by atoms with Crippen molar-refractivity contribution in [2.75, 3.05) is 0 Å². The summed E-state index contributed by atoms with van der Waals surface area (Å²) in [5, 5.41) is 10.2. The van der Waals surface area contributed by atoms with Crippen LogP contribution in [0.3, 0.4) is 0 Å². The zero-order chi connectivity index (χ0) is 41.9. The molecule has 14 aromatic rings. The van der Waals surface area contributed by atoms with E-state index in [1.54, 1.807) is 0 Å². The van der Waals surface area contributed by atoms with E-state index in [2.05, 4.69) is 238 Å². The number of aromatic nitrogens is 3. The monoisotopic (exact) mass is 831 g/mol. The molecule has 0 bridgehead atoms. The summed E-state index contributed by atoms with van der Waals surface area (Å²) in [4.78, 5) is 0. The number of rotatable bonds is 5. The predicted octanol–water partition coefficient (Wildman–Crippen LogP) is 16.7. The molecule has 298 valence electrons. The highest BCUT2D eigenvalue weighted by molar-refractivity contribution is 7.26. The van der Waals surface area contributed by atoms with Crippen molar-refractivity contribution in [1.29, 1.82) is 0 Å². The summed E-state index contributed by atoms with van der Waals surface area (Å²) < 4.78 is 9.88. The molecule has 4 heterocycles. The zero-order valence-corrected chi connectivity index (χ0v) is 35.4. The molecule has 0 amide bonds. The van der Waals surface area contributed by atoms with Gasteiger partial charge in [0.25, 0.3) is 0 Å². The maximum atomic E-state index is 2.42. The molecule has 0 aliphatic carbocycles. The number of para-hydroxylation sites is 4. The van der Waals surface area contributed by atoms with Gasteiger partial charge in [0.15, 0.2) is 0 Å². The number of thiophene rings is 1. The number of fused-ring (bicyclic) bond motifs is 12. The summed E-state index contributed by atoms with van der Waals surface area (Å²) in [5.74, 6) is 0. The molecule has 0 saturated heterocycles. The van der Waals surface area contributed by atoms with Gasteiger partial charge in [-0.15, -0.1) is 11.3 Å². The molecule has 0 spiro atoms. The molecule has 3 nitrogen and oxygen atoms in total. The fraction of sp³-hybridized carbons (Fsp3) is 0. The molecule has 0 radical (unpaired) electrons. The minimum Gasteiger partial charge on any atom is -0.309 e. The van der Waals surface area contributed by atoms with Crippen molar-refractivity contribution in [1.82, 2.24) is 13.7 Å². The normalized spacial score (nSPS) is 12.1. The molecule has 4 aromatic heterocycles. The van der Waals surface area contributed by atoms with Crippen LogP contribution >= 0.6 is 11.3 Å². The van der Waals surface area contributed by atoms with Gasteiger partial charge >= 0.3 is 0 Å². The van der Waals surface area contributed by atoms with Crippen LogP contribution in [0.15, 0.2) is 224 Å². The van der Waals surface area contributed by atoms with Gasteiger partial charge in [-0.25, -0.2) is 0 Å². The Hall–Kier alpha value is -8.18. The second kappa shape index (κ2) is 13.7. The molecule has 0 N–H and O–H groups in total. The SMILES string of the molecule is c1ccc2c(c1)sc1c(-c3ccc(-n4c5ccccc5c5cc(-c6ccc7c(c6)c6ccccc6n7-c6ccc(-n7c8ccccc8c8ccccc87)cc6)ccc54)cc3)cccc12. The highest BCUT2D eigenvalue weighted by atomic mass is 32.1. The van der Waals surface area contributed by atoms with E-state index in [4.69, 9.17) is 0 Å². The van der Waals surface area contributed by atoms with E-state index in [9.17, 15) is 0 Å². The van der Waals surface area contributed by atoms with Crippen LogP contribution in [0.1, 0.15) is 0 Å². The quantitative estimate of drug-likeness (QED) is 0.164. The Balaban J connectivity index is 0.851. The van der Waals surface area contributed by atoms with Gasteiger partial charge in [-0.2, -0.15) is 0 Å². The first-order valence-corrected chi connectivity index (χ1v) is 22.7. The van der Waals surface area contributed by atoms with Gasteiger partial charge < -0.3 is 13.7 Å². The zero-order valence-electron chi connectivity index (χ0n) is 34.6. The third-order valence-corrected chi connectivity index (χ3v) is 14.7. The van der Waals surface area contributed by atoms with E-state index < -0.39 is 0 Å². The summed E-state index contributed by atoms with van der Waals surface area (Å²) in [6, 6.07) is 82.6. The Morgan fingerprint density at radius 3 is 1.09 bits per heavy atom. The molecule has 10 aromatic carbocycles. The van der Waals surface area contributed by atoms with E-state index in [-0.39, 0.29) is 0 Å². The summed E-state index contributed by atoms with van der Waals surface area (Å²) >= 11 is 1.88. The Bertz CT molecular complexity index is 4120. The second-order valence-corrected chi connectivity index (χ2v) is 17.9. The Morgan fingerprint density at radius 1 is 0.250 bits per heavy atom. The van der Waals surface area contributed by atoms with E-state index in [1.807, 2.05) is 11.3 Å². The lowest BCUT2D eigenvalue weighted by atomic mass is 10.0. The molecule has 0 saturated carbocycles. The third-order valence-electron chi connectivity index (χ3n) is 13.5. The van der Waals surface area contributed by atoms with E-state index in [1.165, 1.54) is 108 Å². The van der Waals surface area contributed by atoms with Gasteiger partial charge in [-0.1, -0.05) is 133 Å². The smallest absolute Gasteiger partial charge is 0.0541 e. The fourth-order valence-corrected chi connectivity index (χ4v) is 11.8.